The van der Waals surface area contributed by atoms with Crippen LogP contribution in [0.5, 0.6) is 5.75 Å². The number of ether oxygens (including phenoxy) is 1. The number of likely N-dealkylation sites (tertiary alicyclic amines) is 1. The van der Waals surface area contributed by atoms with Crippen molar-refractivity contribution < 1.29 is 9.53 Å². The van der Waals surface area contributed by atoms with Gasteiger partial charge in [-0.15, -0.1) is 0 Å². The fraction of sp³-hybridized carbons (Fsp3) is 0.333. The third-order valence-corrected chi connectivity index (χ3v) is 4.04. The van der Waals surface area contributed by atoms with E-state index < -0.39 is 0 Å². The molecule has 5 nitrogen and oxygen atoms in total. The number of benzene rings is 1. The van der Waals surface area contributed by atoms with Gasteiger partial charge in [0.15, 0.2) is 0 Å². The molecular weight excluding hydrogens is 290 g/mol. The van der Waals surface area contributed by atoms with Crippen molar-refractivity contribution in [3.05, 3.63) is 60.4 Å². The lowest BCUT2D eigenvalue weighted by molar-refractivity contribution is 0.0588. The lowest BCUT2D eigenvalue weighted by atomic mass is 9.85. The summed E-state index contributed by atoms with van der Waals surface area (Å²) in [5.74, 6) is 1.19. The summed E-state index contributed by atoms with van der Waals surface area (Å²) in [4.78, 5) is 18.2. The molecule has 23 heavy (non-hydrogen) atoms. The Kier molecular flexibility index (Phi) is 4.76. The van der Waals surface area contributed by atoms with E-state index in [9.17, 15) is 4.79 Å². The third-order valence-electron chi connectivity index (χ3n) is 4.04. The summed E-state index contributed by atoms with van der Waals surface area (Å²) in [6.07, 6.45) is 3.35. The van der Waals surface area contributed by atoms with Crippen LogP contribution in [0.15, 0.2) is 54.9 Å². The second-order valence-corrected chi connectivity index (χ2v) is 5.75. The summed E-state index contributed by atoms with van der Waals surface area (Å²) >= 11 is 0. The van der Waals surface area contributed by atoms with Crippen LogP contribution in [0, 0.1) is 5.92 Å². The normalized spacial score (nSPS) is 19.8. The maximum absolute atomic E-state index is 12.3. The van der Waals surface area contributed by atoms with Crippen molar-refractivity contribution >= 4 is 6.03 Å². The molecule has 3 rings (SSSR count). The predicted molar refractivity (Wildman–Crippen MR) is 88.2 cm³/mol. The number of urea groups is 1. The van der Waals surface area contributed by atoms with E-state index in [-0.39, 0.29) is 12.1 Å². The quantitative estimate of drug-likeness (QED) is 0.864. The van der Waals surface area contributed by atoms with Crippen molar-refractivity contribution in [1.29, 1.82) is 0 Å². The maximum Gasteiger partial charge on any atom is 0.318 e. The minimum absolute atomic E-state index is 0.0354. The van der Waals surface area contributed by atoms with E-state index in [0.29, 0.717) is 24.8 Å². The number of aromatic nitrogens is 1. The molecule has 1 aliphatic rings. The molecule has 0 aliphatic carbocycles. The first-order valence-electron chi connectivity index (χ1n) is 7.88. The van der Waals surface area contributed by atoms with Crippen molar-refractivity contribution in [3.63, 3.8) is 0 Å². The SMILES string of the molecule is C[C@@H]1CN(C(=O)NCCOc2cccnc2)[C@H]1c1ccccc1. The van der Waals surface area contributed by atoms with Gasteiger partial charge >= 0.3 is 6.03 Å². The predicted octanol–water partition coefficient (Wildman–Crippen LogP) is 2.86. The molecule has 0 radical (unpaired) electrons. The molecule has 1 saturated heterocycles. The van der Waals surface area contributed by atoms with E-state index in [1.807, 2.05) is 35.2 Å². The van der Waals surface area contributed by atoms with Crippen LogP contribution in [0.3, 0.4) is 0 Å². The Bertz CT molecular complexity index is 633. The molecular formula is C18H21N3O2. The van der Waals surface area contributed by atoms with Gasteiger partial charge in [-0.25, -0.2) is 4.79 Å². The first-order valence-corrected chi connectivity index (χ1v) is 7.88. The van der Waals surface area contributed by atoms with E-state index in [4.69, 9.17) is 4.74 Å². The highest BCUT2D eigenvalue weighted by molar-refractivity contribution is 5.75. The molecule has 1 aromatic heterocycles. The fourth-order valence-corrected chi connectivity index (χ4v) is 2.92. The van der Waals surface area contributed by atoms with Crippen LogP contribution in [0.4, 0.5) is 4.79 Å². The summed E-state index contributed by atoms with van der Waals surface area (Å²) in [7, 11) is 0. The Morgan fingerprint density at radius 2 is 2.13 bits per heavy atom. The Morgan fingerprint density at radius 1 is 1.30 bits per heavy atom. The number of rotatable bonds is 5. The third kappa shape index (κ3) is 3.62. The fourth-order valence-electron chi connectivity index (χ4n) is 2.92. The van der Waals surface area contributed by atoms with Crippen molar-refractivity contribution in [3.8, 4) is 5.75 Å². The van der Waals surface area contributed by atoms with Gasteiger partial charge in [0.1, 0.15) is 12.4 Å². The minimum Gasteiger partial charge on any atom is -0.490 e. The van der Waals surface area contributed by atoms with Gasteiger partial charge in [-0.05, 0) is 23.6 Å². The van der Waals surface area contributed by atoms with Crippen LogP contribution in [-0.2, 0) is 0 Å². The highest BCUT2D eigenvalue weighted by Crippen LogP contribution is 2.38. The Morgan fingerprint density at radius 3 is 2.83 bits per heavy atom. The zero-order valence-corrected chi connectivity index (χ0v) is 13.2. The first-order chi connectivity index (χ1) is 11.3. The summed E-state index contributed by atoms with van der Waals surface area (Å²) in [5.41, 5.74) is 1.19. The highest BCUT2D eigenvalue weighted by Gasteiger charge is 2.39. The monoisotopic (exact) mass is 311 g/mol. The van der Waals surface area contributed by atoms with E-state index in [2.05, 4.69) is 29.4 Å². The van der Waals surface area contributed by atoms with Gasteiger partial charge in [0.05, 0.1) is 18.8 Å². The summed E-state index contributed by atoms with van der Waals surface area (Å²) < 4.78 is 5.52. The number of hydrogen-bond acceptors (Lipinski definition) is 3. The van der Waals surface area contributed by atoms with E-state index >= 15 is 0 Å². The molecule has 2 atom stereocenters. The maximum atomic E-state index is 12.3. The van der Waals surface area contributed by atoms with Gasteiger partial charge in [0.2, 0.25) is 0 Å². The standard InChI is InChI=1S/C18H21N3O2/c1-14-13-21(17(14)15-6-3-2-4-7-15)18(22)20-10-11-23-16-8-5-9-19-12-16/h2-9,12,14,17H,10-11,13H2,1H3,(H,20,22)/t14-,17-/m1/s1. The largest absolute Gasteiger partial charge is 0.490 e. The lowest BCUT2D eigenvalue weighted by Crippen LogP contribution is -2.55. The minimum atomic E-state index is -0.0354. The number of pyridine rings is 1. The Hall–Kier alpha value is -2.56. The van der Waals surface area contributed by atoms with Gasteiger partial charge in [0, 0.05) is 12.7 Å². The topological polar surface area (TPSA) is 54.5 Å². The van der Waals surface area contributed by atoms with E-state index in [0.717, 1.165) is 6.54 Å². The second-order valence-electron chi connectivity index (χ2n) is 5.75. The average molecular weight is 311 g/mol. The number of nitrogens with zero attached hydrogens (tertiary/aromatic N) is 2. The molecule has 5 heteroatoms. The zero-order chi connectivity index (χ0) is 16.1. The van der Waals surface area contributed by atoms with Crippen LogP contribution in [0.25, 0.3) is 0 Å². The summed E-state index contributed by atoms with van der Waals surface area (Å²) in [5, 5.41) is 2.92. The van der Waals surface area contributed by atoms with Gasteiger partial charge in [-0.1, -0.05) is 37.3 Å². The molecule has 1 aliphatic heterocycles. The lowest BCUT2D eigenvalue weighted by Gasteiger charge is -2.46. The van der Waals surface area contributed by atoms with E-state index in [1.165, 1.54) is 5.56 Å². The molecule has 2 heterocycles. The van der Waals surface area contributed by atoms with Crippen LogP contribution >= 0.6 is 0 Å². The number of amides is 2. The Balaban J connectivity index is 1.47. The number of hydrogen-bond donors (Lipinski definition) is 1. The summed E-state index contributed by atoms with van der Waals surface area (Å²) in [6, 6.07) is 14.0. The van der Waals surface area contributed by atoms with Gasteiger partial charge in [0.25, 0.3) is 0 Å². The van der Waals surface area contributed by atoms with Gasteiger partial charge in [-0.2, -0.15) is 0 Å². The van der Waals surface area contributed by atoms with Crippen LogP contribution in [0.1, 0.15) is 18.5 Å². The van der Waals surface area contributed by atoms with Crippen LogP contribution < -0.4 is 10.1 Å². The molecule has 0 unspecified atom stereocenters. The van der Waals surface area contributed by atoms with E-state index in [1.54, 1.807) is 12.4 Å². The molecule has 120 valence electrons. The molecule has 0 bridgehead atoms. The molecule has 0 spiro atoms. The van der Waals surface area contributed by atoms with Crippen molar-refractivity contribution in [1.82, 2.24) is 15.2 Å². The van der Waals surface area contributed by atoms with Crippen molar-refractivity contribution in [2.24, 2.45) is 5.92 Å². The number of nitrogens with one attached hydrogen (secondary N) is 1. The smallest absolute Gasteiger partial charge is 0.318 e. The average Bonchev–Trinajstić information content (AvgIpc) is 2.58. The molecule has 1 N–H and O–H groups in total. The van der Waals surface area contributed by atoms with Gasteiger partial charge < -0.3 is 15.0 Å². The molecule has 1 aromatic carbocycles. The van der Waals surface area contributed by atoms with Crippen LogP contribution in [-0.4, -0.2) is 35.6 Å². The highest BCUT2D eigenvalue weighted by atomic mass is 16.5. The number of carbonyl (C=O) groups excluding carboxylic acids is 1. The number of carbonyl (C=O) groups is 1. The Labute approximate surface area is 136 Å². The first kappa shape index (κ1) is 15.3. The molecule has 2 amide bonds. The summed E-state index contributed by atoms with van der Waals surface area (Å²) in [6.45, 7) is 3.86. The van der Waals surface area contributed by atoms with Crippen LogP contribution in [0.2, 0.25) is 0 Å². The van der Waals surface area contributed by atoms with Crippen molar-refractivity contribution in [2.45, 2.75) is 13.0 Å². The molecule has 0 saturated carbocycles. The van der Waals surface area contributed by atoms with Crippen molar-refractivity contribution in [2.75, 3.05) is 19.7 Å². The second kappa shape index (κ2) is 7.13. The molecule has 2 aromatic rings. The van der Waals surface area contributed by atoms with Gasteiger partial charge in [-0.3, -0.25) is 4.98 Å². The zero-order valence-electron chi connectivity index (χ0n) is 13.2. The molecule has 1 fully saturated rings.